The number of benzene rings is 2. The summed E-state index contributed by atoms with van der Waals surface area (Å²) in [6.07, 6.45) is 0. The second-order valence-electron chi connectivity index (χ2n) is 5.25. The molecule has 108 valence electrons. The number of nitrogens with zero attached hydrogens (tertiary/aromatic N) is 3. The topological polar surface area (TPSA) is 55.2 Å². The van der Waals surface area contributed by atoms with E-state index in [0.717, 1.165) is 28.0 Å². The Labute approximate surface area is 129 Å². The lowest BCUT2D eigenvalue weighted by molar-refractivity contribution is 1.13. The molecule has 0 aliphatic heterocycles. The molecule has 1 aromatic heterocycles. The second kappa shape index (κ2) is 5.74. The molecule has 3 aromatic rings. The van der Waals surface area contributed by atoms with E-state index in [-0.39, 0.29) is 0 Å². The Morgan fingerprint density at radius 1 is 1.09 bits per heavy atom. The van der Waals surface area contributed by atoms with Crippen LogP contribution in [-0.2, 0) is 0 Å². The maximum absolute atomic E-state index is 9.40. The van der Waals surface area contributed by atoms with Gasteiger partial charge in [0.15, 0.2) is 5.71 Å². The van der Waals surface area contributed by atoms with Gasteiger partial charge < -0.3 is 9.88 Å². The summed E-state index contributed by atoms with van der Waals surface area (Å²) in [7, 11) is 3.98. The summed E-state index contributed by atoms with van der Waals surface area (Å²) in [5, 5.41) is 10.5. The molecule has 2 aromatic carbocycles. The van der Waals surface area contributed by atoms with Crippen molar-refractivity contribution in [1.82, 2.24) is 4.98 Å². The summed E-state index contributed by atoms with van der Waals surface area (Å²) in [5.74, 6) is 0. The standard InChI is InChI=1S/C18H16N4/c1-22(2)15-9-7-14(8-10-15)20-18(12-19)17-11-13-5-3-4-6-16(13)21-17/h3-11,21H,1-2H3. The van der Waals surface area contributed by atoms with Gasteiger partial charge in [-0.1, -0.05) is 18.2 Å². The summed E-state index contributed by atoms with van der Waals surface area (Å²) in [4.78, 5) is 9.71. The monoisotopic (exact) mass is 288 g/mol. The fraction of sp³-hybridized carbons (Fsp3) is 0.111. The quantitative estimate of drug-likeness (QED) is 0.744. The van der Waals surface area contributed by atoms with E-state index in [2.05, 4.69) is 16.0 Å². The molecule has 0 unspecified atom stereocenters. The molecule has 22 heavy (non-hydrogen) atoms. The largest absolute Gasteiger partial charge is 0.378 e. The Morgan fingerprint density at radius 3 is 2.45 bits per heavy atom. The Bertz CT molecular complexity index is 831. The van der Waals surface area contributed by atoms with E-state index in [1.54, 1.807) is 0 Å². The van der Waals surface area contributed by atoms with Gasteiger partial charge in [-0.25, -0.2) is 4.99 Å². The predicted molar refractivity (Wildman–Crippen MR) is 90.9 cm³/mol. The van der Waals surface area contributed by atoms with Crippen molar-refractivity contribution in [3.05, 3.63) is 60.3 Å². The number of aromatic amines is 1. The van der Waals surface area contributed by atoms with Crippen LogP contribution in [0.4, 0.5) is 11.4 Å². The van der Waals surface area contributed by atoms with Gasteiger partial charge in [-0.05, 0) is 36.4 Å². The Morgan fingerprint density at radius 2 is 1.82 bits per heavy atom. The highest BCUT2D eigenvalue weighted by atomic mass is 15.1. The third-order valence-corrected chi connectivity index (χ3v) is 3.50. The number of nitriles is 1. The lowest BCUT2D eigenvalue weighted by atomic mass is 10.2. The molecule has 0 fully saturated rings. The third-order valence-electron chi connectivity index (χ3n) is 3.50. The van der Waals surface area contributed by atoms with E-state index >= 15 is 0 Å². The fourth-order valence-electron chi connectivity index (χ4n) is 2.30. The van der Waals surface area contributed by atoms with Crippen molar-refractivity contribution in [3.8, 4) is 6.07 Å². The van der Waals surface area contributed by atoms with Crippen LogP contribution in [0.25, 0.3) is 10.9 Å². The van der Waals surface area contributed by atoms with E-state index in [1.807, 2.05) is 73.6 Å². The SMILES string of the molecule is CN(C)c1ccc(N=C(C#N)c2cc3ccccc3[nH]2)cc1. The van der Waals surface area contributed by atoms with Gasteiger partial charge in [-0.15, -0.1) is 0 Å². The molecule has 0 aliphatic carbocycles. The van der Waals surface area contributed by atoms with Crippen LogP contribution in [0.2, 0.25) is 0 Å². The molecule has 0 bridgehead atoms. The molecule has 4 heteroatoms. The first-order valence-corrected chi connectivity index (χ1v) is 7.01. The molecule has 0 spiro atoms. The van der Waals surface area contributed by atoms with Crippen LogP contribution in [0, 0.1) is 11.3 Å². The molecule has 0 saturated heterocycles. The molecule has 1 heterocycles. The summed E-state index contributed by atoms with van der Waals surface area (Å²) in [6, 6.07) is 19.9. The molecule has 1 N–H and O–H groups in total. The van der Waals surface area contributed by atoms with Crippen LogP contribution in [0.15, 0.2) is 59.6 Å². The molecule has 0 saturated carbocycles. The van der Waals surface area contributed by atoms with E-state index in [4.69, 9.17) is 0 Å². The third kappa shape index (κ3) is 2.70. The average molecular weight is 288 g/mol. The van der Waals surface area contributed by atoms with E-state index in [1.165, 1.54) is 0 Å². The van der Waals surface area contributed by atoms with Crippen LogP contribution < -0.4 is 4.90 Å². The smallest absolute Gasteiger partial charge is 0.164 e. The maximum atomic E-state index is 9.40. The minimum Gasteiger partial charge on any atom is -0.378 e. The number of nitrogens with one attached hydrogen (secondary N) is 1. The summed E-state index contributed by atoms with van der Waals surface area (Å²) < 4.78 is 0. The van der Waals surface area contributed by atoms with Gasteiger partial charge in [0.25, 0.3) is 0 Å². The Balaban J connectivity index is 1.97. The number of aromatic nitrogens is 1. The summed E-state index contributed by atoms with van der Waals surface area (Å²) in [5.41, 5.74) is 3.99. The van der Waals surface area contributed by atoms with Crippen molar-refractivity contribution >= 4 is 28.0 Å². The zero-order valence-corrected chi connectivity index (χ0v) is 12.5. The van der Waals surface area contributed by atoms with Crippen molar-refractivity contribution in [2.24, 2.45) is 4.99 Å². The van der Waals surface area contributed by atoms with Crippen molar-refractivity contribution < 1.29 is 0 Å². The summed E-state index contributed by atoms with van der Waals surface area (Å²) >= 11 is 0. The van der Waals surface area contributed by atoms with Crippen LogP contribution in [0.1, 0.15) is 5.69 Å². The van der Waals surface area contributed by atoms with Gasteiger partial charge >= 0.3 is 0 Å². The maximum Gasteiger partial charge on any atom is 0.164 e. The van der Waals surface area contributed by atoms with Crippen molar-refractivity contribution in [1.29, 1.82) is 5.26 Å². The number of fused-ring (bicyclic) bond motifs is 1. The number of para-hydroxylation sites is 1. The number of H-pyrrole nitrogens is 1. The minimum absolute atomic E-state index is 0.383. The van der Waals surface area contributed by atoms with Gasteiger partial charge in [-0.2, -0.15) is 5.26 Å². The molecule has 3 rings (SSSR count). The lowest BCUT2D eigenvalue weighted by Gasteiger charge is -2.11. The highest BCUT2D eigenvalue weighted by Crippen LogP contribution is 2.20. The van der Waals surface area contributed by atoms with Crippen LogP contribution >= 0.6 is 0 Å². The Hall–Kier alpha value is -3.06. The molecule has 4 nitrogen and oxygen atoms in total. The number of anilines is 1. The molecule has 0 amide bonds. The first kappa shape index (κ1) is 13.9. The van der Waals surface area contributed by atoms with E-state index in [0.29, 0.717) is 5.71 Å². The normalized spacial score (nSPS) is 11.4. The van der Waals surface area contributed by atoms with Crippen LogP contribution in [-0.4, -0.2) is 24.8 Å². The lowest BCUT2D eigenvalue weighted by Crippen LogP contribution is -2.07. The van der Waals surface area contributed by atoms with Gasteiger partial charge in [0, 0.05) is 30.7 Å². The van der Waals surface area contributed by atoms with Gasteiger partial charge in [-0.3, -0.25) is 0 Å². The van der Waals surface area contributed by atoms with E-state index < -0.39 is 0 Å². The molecule has 0 atom stereocenters. The zero-order chi connectivity index (χ0) is 15.5. The first-order valence-electron chi connectivity index (χ1n) is 7.01. The van der Waals surface area contributed by atoms with Crippen LogP contribution in [0.5, 0.6) is 0 Å². The van der Waals surface area contributed by atoms with Crippen molar-refractivity contribution in [2.45, 2.75) is 0 Å². The molecular formula is C18H16N4. The fourth-order valence-corrected chi connectivity index (χ4v) is 2.30. The number of rotatable bonds is 3. The number of hydrogen-bond donors (Lipinski definition) is 1. The summed E-state index contributed by atoms with van der Waals surface area (Å²) in [6.45, 7) is 0. The van der Waals surface area contributed by atoms with Crippen molar-refractivity contribution in [3.63, 3.8) is 0 Å². The predicted octanol–water partition coefficient (Wildman–Crippen LogP) is 3.88. The zero-order valence-electron chi connectivity index (χ0n) is 12.5. The number of hydrogen-bond acceptors (Lipinski definition) is 3. The van der Waals surface area contributed by atoms with Gasteiger partial charge in [0.05, 0.1) is 11.4 Å². The van der Waals surface area contributed by atoms with E-state index in [9.17, 15) is 5.26 Å². The molecular weight excluding hydrogens is 272 g/mol. The van der Waals surface area contributed by atoms with Gasteiger partial charge in [0.2, 0.25) is 0 Å². The van der Waals surface area contributed by atoms with Crippen LogP contribution in [0.3, 0.4) is 0 Å². The molecule has 0 aliphatic rings. The highest BCUT2D eigenvalue weighted by molar-refractivity contribution is 6.13. The minimum atomic E-state index is 0.383. The number of aliphatic imine (C=N–C) groups is 1. The highest BCUT2D eigenvalue weighted by Gasteiger charge is 2.07. The van der Waals surface area contributed by atoms with Crippen molar-refractivity contribution in [2.75, 3.05) is 19.0 Å². The Kier molecular flexibility index (Phi) is 3.63. The second-order valence-corrected chi connectivity index (χ2v) is 5.25. The average Bonchev–Trinajstić information content (AvgIpc) is 2.96. The first-order chi connectivity index (χ1) is 10.7. The van der Waals surface area contributed by atoms with Gasteiger partial charge in [0.1, 0.15) is 6.07 Å². The molecule has 0 radical (unpaired) electrons.